The van der Waals surface area contributed by atoms with Crippen molar-refractivity contribution >= 4 is 11.7 Å². The zero-order chi connectivity index (χ0) is 14.8. The average molecular weight is 286 g/mol. The number of halogens is 3. The lowest BCUT2D eigenvalue weighted by molar-refractivity contribution is -0.140. The van der Waals surface area contributed by atoms with Gasteiger partial charge in [-0.1, -0.05) is 6.92 Å². The first-order valence-electron chi connectivity index (χ1n) is 5.96. The van der Waals surface area contributed by atoms with Crippen LogP contribution in [-0.4, -0.2) is 26.8 Å². The van der Waals surface area contributed by atoms with Crippen LogP contribution in [0.25, 0.3) is 0 Å². The van der Waals surface area contributed by atoms with Crippen LogP contribution in [0.5, 0.6) is 0 Å². The van der Waals surface area contributed by atoms with Gasteiger partial charge in [-0.25, -0.2) is 0 Å². The summed E-state index contributed by atoms with van der Waals surface area (Å²) < 4.78 is 38.0. The fourth-order valence-electron chi connectivity index (χ4n) is 1.82. The van der Waals surface area contributed by atoms with Crippen LogP contribution >= 0.6 is 0 Å². The molecule has 0 saturated carbocycles. The minimum Gasteiger partial charge on any atom is -0.334 e. The Morgan fingerprint density at radius 3 is 2.90 bits per heavy atom. The van der Waals surface area contributed by atoms with Crippen molar-refractivity contribution in [3.8, 4) is 0 Å². The average Bonchev–Trinajstić information content (AvgIpc) is 2.95. The molecule has 2 heterocycles. The number of hydrogen-bond acceptors (Lipinski definition) is 2. The van der Waals surface area contributed by atoms with E-state index in [1.54, 1.807) is 6.20 Å². The first kappa shape index (κ1) is 14.2. The third kappa shape index (κ3) is 3.19. The summed E-state index contributed by atoms with van der Waals surface area (Å²) in [5.41, 5.74) is 0.728. The first-order valence-corrected chi connectivity index (χ1v) is 5.96. The lowest BCUT2D eigenvalue weighted by atomic mass is 10.2. The smallest absolute Gasteiger partial charge is 0.334 e. The highest BCUT2D eigenvalue weighted by atomic mass is 19.4. The Labute approximate surface area is 112 Å². The van der Waals surface area contributed by atoms with E-state index >= 15 is 0 Å². The molecule has 0 spiro atoms. The maximum absolute atomic E-state index is 12.4. The number of aromatic nitrogens is 3. The molecule has 0 unspecified atom stereocenters. The fraction of sp³-hybridized carbons (Fsp3) is 0.333. The number of rotatable bonds is 4. The predicted octanol–water partition coefficient (Wildman–Crippen LogP) is 2.59. The van der Waals surface area contributed by atoms with Crippen LogP contribution in [0.4, 0.5) is 19.0 Å². The van der Waals surface area contributed by atoms with Crippen LogP contribution in [0.15, 0.2) is 24.5 Å². The third-order valence-corrected chi connectivity index (χ3v) is 2.75. The molecular formula is C12H13F3N4O. The van der Waals surface area contributed by atoms with Crippen LogP contribution in [-0.2, 0) is 13.0 Å². The Balaban J connectivity index is 2.16. The van der Waals surface area contributed by atoms with E-state index < -0.39 is 18.6 Å². The molecule has 0 aliphatic heterocycles. The van der Waals surface area contributed by atoms with Crippen molar-refractivity contribution in [2.75, 3.05) is 5.32 Å². The number of aryl methyl sites for hydroxylation is 1. The summed E-state index contributed by atoms with van der Waals surface area (Å²) in [6, 6.07) is 2.73. The van der Waals surface area contributed by atoms with Crippen LogP contribution in [0.3, 0.4) is 0 Å². The Morgan fingerprint density at radius 2 is 2.25 bits per heavy atom. The first-order chi connectivity index (χ1) is 9.40. The number of aromatic amines is 1. The van der Waals surface area contributed by atoms with Gasteiger partial charge in [0.05, 0.1) is 6.20 Å². The van der Waals surface area contributed by atoms with Gasteiger partial charge in [-0.15, -0.1) is 0 Å². The summed E-state index contributed by atoms with van der Waals surface area (Å²) >= 11 is 0. The van der Waals surface area contributed by atoms with Crippen molar-refractivity contribution in [1.82, 2.24) is 14.8 Å². The SMILES string of the molecule is CCc1cn[nH]c1NC(=O)c1cccn1CC(F)(F)F. The number of nitrogens with zero attached hydrogens (tertiary/aromatic N) is 2. The molecule has 2 rings (SSSR count). The van der Waals surface area contributed by atoms with E-state index in [2.05, 4.69) is 15.5 Å². The molecule has 0 fully saturated rings. The molecule has 108 valence electrons. The highest BCUT2D eigenvalue weighted by molar-refractivity contribution is 6.03. The second kappa shape index (κ2) is 5.40. The van der Waals surface area contributed by atoms with Gasteiger partial charge in [0.25, 0.3) is 5.91 Å². The van der Waals surface area contributed by atoms with Gasteiger partial charge >= 0.3 is 6.18 Å². The van der Waals surface area contributed by atoms with Crippen LogP contribution in [0.1, 0.15) is 23.0 Å². The van der Waals surface area contributed by atoms with Gasteiger partial charge in [0, 0.05) is 11.8 Å². The summed E-state index contributed by atoms with van der Waals surface area (Å²) in [6.45, 7) is 0.680. The molecule has 8 heteroatoms. The summed E-state index contributed by atoms with van der Waals surface area (Å²) in [7, 11) is 0. The maximum atomic E-state index is 12.4. The number of nitrogens with one attached hydrogen (secondary N) is 2. The molecular weight excluding hydrogens is 273 g/mol. The standard InChI is InChI=1S/C12H13F3N4O/c1-2-8-6-16-18-10(8)17-11(20)9-4-3-5-19(9)7-12(13,14)15/h3-6H,2,7H2,1H3,(H2,16,17,18,20). The topological polar surface area (TPSA) is 62.7 Å². The Morgan fingerprint density at radius 1 is 1.50 bits per heavy atom. The minimum absolute atomic E-state index is 0.0565. The van der Waals surface area contributed by atoms with Crippen molar-refractivity contribution in [2.24, 2.45) is 0 Å². The Bertz CT molecular complexity index is 600. The van der Waals surface area contributed by atoms with E-state index in [4.69, 9.17) is 0 Å². The van der Waals surface area contributed by atoms with Crippen molar-refractivity contribution in [3.63, 3.8) is 0 Å². The molecule has 0 aliphatic carbocycles. The van der Waals surface area contributed by atoms with Crippen molar-refractivity contribution < 1.29 is 18.0 Å². The minimum atomic E-state index is -4.38. The molecule has 0 saturated heterocycles. The monoisotopic (exact) mass is 286 g/mol. The zero-order valence-electron chi connectivity index (χ0n) is 10.7. The number of amides is 1. The molecule has 2 N–H and O–H groups in total. The highest BCUT2D eigenvalue weighted by Crippen LogP contribution is 2.20. The molecule has 0 aromatic carbocycles. The molecule has 2 aromatic heterocycles. The second-order valence-corrected chi connectivity index (χ2v) is 4.21. The summed E-state index contributed by atoms with van der Waals surface area (Å²) in [4.78, 5) is 12.0. The van der Waals surface area contributed by atoms with E-state index in [1.165, 1.54) is 18.3 Å². The largest absolute Gasteiger partial charge is 0.406 e. The summed E-state index contributed by atoms with van der Waals surface area (Å²) in [6.07, 6.45) is -0.952. The van der Waals surface area contributed by atoms with Crippen LogP contribution < -0.4 is 5.32 Å². The van der Waals surface area contributed by atoms with Crippen LogP contribution in [0, 0.1) is 0 Å². The fourth-order valence-corrected chi connectivity index (χ4v) is 1.82. The molecule has 0 bridgehead atoms. The Kier molecular flexibility index (Phi) is 3.82. The number of H-pyrrole nitrogens is 1. The molecule has 0 radical (unpaired) electrons. The van der Waals surface area contributed by atoms with Crippen molar-refractivity contribution in [1.29, 1.82) is 0 Å². The van der Waals surface area contributed by atoms with E-state index in [-0.39, 0.29) is 5.69 Å². The van der Waals surface area contributed by atoms with Gasteiger partial charge in [-0.2, -0.15) is 18.3 Å². The Hall–Kier alpha value is -2.25. The van der Waals surface area contributed by atoms with Crippen molar-refractivity contribution in [3.05, 3.63) is 35.8 Å². The maximum Gasteiger partial charge on any atom is 0.406 e. The van der Waals surface area contributed by atoms with Gasteiger partial charge < -0.3 is 9.88 Å². The lowest BCUT2D eigenvalue weighted by Crippen LogP contribution is -2.23. The highest BCUT2D eigenvalue weighted by Gasteiger charge is 2.29. The van der Waals surface area contributed by atoms with E-state index in [0.29, 0.717) is 12.2 Å². The number of carbonyl (C=O) groups is 1. The summed E-state index contributed by atoms with van der Waals surface area (Å²) in [5.74, 6) is -0.213. The third-order valence-electron chi connectivity index (χ3n) is 2.75. The molecule has 20 heavy (non-hydrogen) atoms. The number of anilines is 1. The number of hydrogen-bond donors (Lipinski definition) is 2. The van der Waals surface area contributed by atoms with Gasteiger partial charge in [0.2, 0.25) is 0 Å². The number of alkyl halides is 3. The van der Waals surface area contributed by atoms with E-state index in [1.807, 2.05) is 6.92 Å². The molecule has 2 aromatic rings. The van der Waals surface area contributed by atoms with E-state index in [9.17, 15) is 18.0 Å². The molecule has 5 nitrogen and oxygen atoms in total. The predicted molar refractivity (Wildman–Crippen MR) is 66.4 cm³/mol. The molecule has 0 aliphatic rings. The zero-order valence-corrected chi connectivity index (χ0v) is 10.7. The van der Waals surface area contributed by atoms with Gasteiger partial charge in [-0.05, 0) is 18.6 Å². The van der Waals surface area contributed by atoms with Crippen molar-refractivity contribution in [2.45, 2.75) is 26.1 Å². The van der Waals surface area contributed by atoms with Gasteiger partial charge in [0.15, 0.2) is 0 Å². The number of carbonyl (C=O) groups excluding carboxylic acids is 1. The lowest BCUT2D eigenvalue weighted by Gasteiger charge is -2.11. The molecule has 1 amide bonds. The van der Waals surface area contributed by atoms with Gasteiger partial charge in [-0.3, -0.25) is 9.89 Å². The molecule has 0 atom stereocenters. The summed E-state index contributed by atoms with van der Waals surface area (Å²) in [5, 5.41) is 8.91. The van der Waals surface area contributed by atoms with Gasteiger partial charge in [0.1, 0.15) is 18.1 Å². The quantitative estimate of drug-likeness (QED) is 0.907. The van der Waals surface area contributed by atoms with E-state index in [0.717, 1.165) is 10.1 Å². The van der Waals surface area contributed by atoms with Crippen LogP contribution in [0.2, 0.25) is 0 Å². The normalized spacial score (nSPS) is 11.6. The second-order valence-electron chi connectivity index (χ2n) is 4.21.